The maximum absolute atomic E-state index is 12.1. The summed E-state index contributed by atoms with van der Waals surface area (Å²) < 4.78 is 7.50. The summed E-state index contributed by atoms with van der Waals surface area (Å²) >= 11 is 0. The minimum atomic E-state index is 0.277. The Morgan fingerprint density at radius 3 is 2.50 bits per heavy atom. The van der Waals surface area contributed by atoms with Gasteiger partial charge in [0.1, 0.15) is 5.75 Å². The molecule has 1 aliphatic heterocycles. The van der Waals surface area contributed by atoms with Gasteiger partial charge in [0.2, 0.25) is 5.91 Å². The largest absolute Gasteiger partial charge is 0.497 e. The van der Waals surface area contributed by atoms with Crippen molar-refractivity contribution in [3.05, 3.63) is 47.3 Å². The number of hydrogen-bond acceptors (Lipinski definition) is 3. The fourth-order valence-electron chi connectivity index (χ4n) is 3.68. The number of carbonyl (C=O) groups is 1. The molecule has 0 spiro atoms. The monoisotopic (exact) mass is 355 g/mol. The number of likely N-dealkylation sites (tertiary alicyclic amines) is 1. The molecular weight excluding hydrogens is 326 g/mol. The summed E-state index contributed by atoms with van der Waals surface area (Å²) in [6.45, 7) is 7.63. The summed E-state index contributed by atoms with van der Waals surface area (Å²) in [5, 5.41) is 3.43. The zero-order chi connectivity index (χ0) is 18.5. The molecule has 26 heavy (non-hydrogen) atoms. The second-order valence-electron chi connectivity index (χ2n) is 6.94. The summed E-state index contributed by atoms with van der Waals surface area (Å²) in [6, 6.07) is 10.3. The van der Waals surface area contributed by atoms with E-state index >= 15 is 0 Å². The average Bonchev–Trinajstić information content (AvgIpc) is 3.28. The summed E-state index contributed by atoms with van der Waals surface area (Å²) in [5.41, 5.74) is 4.84. The number of aromatic nitrogens is 1. The van der Waals surface area contributed by atoms with Gasteiger partial charge in [0.15, 0.2) is 0 Å². The lowest BCUT2D eigenvalue weighted by atomic mass is 10.2. The molecule has 1 aromatic carbocycles. The number of amides is 1. The molecule has 1 N–H and O–H groups in total. The van der Waals surface area contributed by atoms with Gasteiger partial charge >= 0.3 is 0 Å². The Balaban J connectivity index is 1.58. The number of nitrogens with one attached hydrogen (secondary N) is 1. The molecule has 1 fully saturated rings. The van der Waals surface area contributed by atoms with E-state index in [1.54, 1.807) is 7.11 Å². The quantitative estimate of drug-likeness (QED) is 0.776. The molecule has 3 rings (SSSR count). The molecule has 1 saturated heterocycles. The van der Waals surface area contributed by atoms with Gasteiger partial charge in [-0.25, -0.2) is 0 Å². The lowest BCUT2D eigenvalue weighted by Gasteiger charge is -2.15. The lowest BCUT2D eigenvalue weighted by molar-refractivity contribution is -0.130. The molecule has 0 aliphatic carbocycles. The van der Waals surface area contributed by atoms with Crippen molar-refractivity contribution in [2.24, 2.45) is 0 Å². The second kappa shape index (κ2) is 8.41. The Bertz CT molecular complexity index is 743. The Hall–Kier alpha value is -2.27. The molecule has 0 unspecified atom stereocenters. The first-order valence-electron chi connectivity index (χ1n) is 9.41. The Morgan fingerprint density at radius 1 is 1.15 bits per heavy atom. The number of benzene rings is 1. The summed E-state index contributed by atoms with van der Waals surface area (Å²) in [5.74, 6) is 1.14. The van der Waals surface area contributed by atoms with Gasteiger partial charge in [0.25, 0.3) is 0 Å². The van der Waals surface area contributed by atoms with Gasteiger partial charge in [-0.15, -0.1) is 0 Å². The van der Waals surface area contributed by atoms with E-state index in [1.165, 1.54) is 17.0 Å². The average molecular weight is 355 g/mol. The van der Waals surface area contributed by atoms with Crippen molar-refractivity contribution in [1.82, 2.24) is 14.8 Å². The number of carbonyl (C=O) groups excluding carboxylic acids is 1. The molecule has 0 saturated carbocycles. The van der Waals surface area contributed by atoms with Crippen molar-refractivity contribution in [2.45, 2.75) is 39.7 Å². The molecule has 5 nitrogen and oxygen atoms in total. The first-order valence-corrected chi connectivity index (χ1v) is 9.41. The predicted molar refractivity (Wildman–Crippen MR) is 104 cm³/mol. The third-order valence-corrected chi connectivity index (χ3v) is 5.16. The van der Waals surface area contributed by atoms with Gasteiger partial charge in [0, 0.05) is 49.7 Å². The first-order chi connectivity index (χ1) is 12.6. The Labute approximate surface area is 156 Å². The number of aryl methyl sites for hydroxylation is 1. The zero-order valence-electron chi connectivity index (χ0n) is 16.0. The van der Waals surface area contributed by atoms with Crippen LogP contribution in [0, 0.1) is 13.8 Å². The van der Waals surface area contributed by atoms with E-state index in [0.29, 0.717) is 6.42 Å². The topological polar surface area (TPSA) is 46.5 Å². The Kier molecular flexibility index (Phi) is 5.99. The summed E-state index contributed by atoms with van der Waals surface area (Å²) in [7, 11) is 1.68. The van der Waals surface area contributed by atoms with Crippen molar-refractivity contribution in [1.29, 1.82) is 0 Å². The van der Waals surface area contributed by atoms with E-state index in [1.807, 2.05) is 17.0 Å². The smallest absolute Gasteiger partial charge is 0.223 e. The number of ether oxygens (including phenoxy) is 1. The molecule has 2 aromatic rings. The third kappa shape index (κ3) is 4.10. The molecule has 5 heteroatoms. The van der Waals surface area contributed by atoms with Crippen LogP contribution < -0.4 is 10.1 Å². The van der Waals surface area contributed by atoms with Crippen molar-refractivity contribution in [2.75, 3.05) is 26.7 Å². The summed E-state index contributed by atoms with van der Waals surface area (Å²) in [6.07, 6.45) is 2.88. The summed E-state index contributed by atoms with van der Waals surface area (Å²) in [4.78, 5) is 14.1. The van der Waals surface area contributed by atoms with Gasteiger partial charge in [-0.05, 0) is 62.6 Å². The lowest BCUT2D eigenvalue weighted by Crippen LogP contribution is -2.30. The van der Waals surface area contributed by atoms with Crippen LogP contribution in [0.5, 0.6) is 5.75 Å². The maximum atomic E-state index is 12.1. The van der Waals surface area contributed by atoms with E-state index in [9.17, 15) is 4.79 Å². The van der Waals surface area contributed by atoms with E-state index in [0.717, 1.165) is 50.5 Å². The van der Waals surface area contributed by atoms with Crippen molar-refractivity contribution < 1.29 is 9.53 Å². The zero-order valence-corrected chi connectivity index (χ0v) is 16.0. The number of nitrogens with zero attached hydrogens (tertiary/aromatic N) is 2. The van der Waals surface area contributed by atoms with Crippen molar-refractivity contribution >= 4 is 5.91 Å². The molecule has 0 bridgehead atoms. The molecule has 0 atom stereocenters. The molecule has 1 aliphatic rings. The number of rotatable bonds is 7. The van der Waals surface area contributed by atoms with Crippen molar-refractivity contribution in [3.63, 3.8) is 0 Å². The predicted octanol–water partition coefficient (Wildman–Crippen LogP) is 3.20. The third-order valence-electron chi connectivity index (χ3n) is 5.16. The van der Waals surface area contributed by atoms with E-state index in [4.69, 9.17) is 4.74 Å². The molecule has 1 amide bonds. The van der Waals surface area contributed by atoms with Crippen LogP contribution in [-0.4, -0.2) is 42.1 Å². The van der Waals surface area contributed by atoms with E-state index in [2.05, 4.69) is 41.9 Å². The van der Waals surface area contributed by atoms with Crippen LogP contribution in [0.25, 0.3) is 5.69 Å². The maximum Gasteiger partial charge on any atom is 0.223 e. The number of hydrogen-bond donors (Lipinski definition) is 1. The van der Waals surface area contributed by atoms with Crippen LogP contribution in [0.15, 0.2) is 30.3 Å². The fraction of sp³-hybridized carbons (Fsp3) is 0.476. The first kappa shape index (κ1) is 18.5. The molecule has 140 valence electrons. The van der Waals surface area contributed by atoms with Crippen molar-refractivity contribution in [3.8, 4) is 11.4 Å². The molecule has 0 radical (unpaired) electrons. The van der Waals surface area contributed by atoms with Crippen LogP contribution >= 0.6 is 0 Å². The van der Waals surface area contributed by atoms with E-state index in [-0.39, 0.29) is 5.91 Å². The standard InChI is InChI=1S/C21H29N3O2/c1-16-14-18(15-22-11-10-21(25)23-12-4-5-13-23)17(2)24(16)19-6-8-20(26-3)9-7-19/h6-9,14,22H,4-5,10-13,15H2,1-3H3. The van der Waals surface area contributed by atoms with Gasteiger partial charge in [0.05, 0.1) is 7.11 Å². The van der Waals surface area contributed by atoms with Crippen LogP contribution in [0.1, 0.15) is 36.2 Å². The molecular formula is C21H29N3O2. The minimum Gasteiger partial charge on any atom is -0.497 e. The van der Waals surface area contributed by atoms with Gasteiger partial charge in [-0.2, -0.15) is 0 Å². The number of methoxy groups -OCH3 is 1. The van der Waals surface area contributed by atoms with Crippen LogP contribution in [0.4, 0.5) is 0 Å². The minimum absolute atomic E-state index is 0.277. The SMILES string of the molecule is COc1ccc(-n2c(C)cc(CNCCC(=O)N3CCCC3)c2C)cc1. The molecule has 1 aromatic heterocycles. The highest BCUT2D eigenvalue weighted by atomic mass is 16.5. The van der Waals surface area contributed by atoms with Gasteiger partial charge in [-0.1, -0.05) is 0 Å². The van der Waals surface area contributed by atoms with Gasteiger partial charge in [-0.3, -0.25) is 4.79 Å². The molecule has 2 heterocycles. The van der Waals surface area contributed by atoms with Crippen LogP contribution in [0.2, 0.25) is 0 Å². The highest BCUT2D eigenvalue weighted by molar-refractivity contribution is 5.76. The highest BCUT2D eigenvalue weighted by Gasteiger charge is 2.17. The van der Waals surface area contributed by atoms with Crippen LogP contribution in [0.3, 0.4) is 0 Å². The van der Waals surface area contributed by atoms with Gasteiger partial charge < -0.3 is 19.5 Å². The Morgan fingerprint density at radius 2 is 1.85 bits per heavy atom. The fourth-order valence-corrected chi connectivity index (χ4v) is 3.68. The second-order valence-corrected chi connectivity index (χ2v) is 6.94. The highest BCUT2D eigenvalue weighted by Crippen LogP contribution is 2.22. The van der Waals surface area contributed by atoms with E-state index < -0.39 is 0 Å². The van der Waals surface area contributed by atoms with Crippen LogP contribution in [-0.2, 0) is 11.3 Å². The normalized spacial score (nSPS) is 14.0.